The Morgan fingerprint density at radius 3 is 1.24 bits per heavy atom. The molecule has 0 aliphatic heterocycles. The molecule has 6 atom stereocenters. The second kappa shape index (κ2) is 40.7. The minimum absolute atomic E-state index is 0.0910. The molecule has 0 saturated heterocycles. The summed E-state index contributed by atoms with van der Waals surface area (Å²) in [6.45, 7) is 22.6. The van der Waals surface area contributed by atoms with E-state index in [1.54, 1.807) is 26.4 Å². The lowest BCUT2D eigenvalue weighted by Crippen LogP contribution is -2.24. The van der Waals surface area contributed by atoms with Crippen molar-refractivity contribution in [2.75, 3.05) is 21.3 Å². The summed E-state index contributed by atoms with van der Waals surface area (Å²) in [6.07, 6.45) is 21.5. The van der Waals surface area contributed by atoms with Crippen LogP contribution < -0.4 is 16.9 Å². The predicted molar refractivity (Wildman–Crippen MR) is 362 cm³/mol. The van der Waals surface area contributed by atoms with Crippen molar-refractivity contribution in [1.82, 2.24) is 9.97 Å². The number of rotatable bonds is 24. The molecule has 10 heteroatoms. The largest absolute Gasteiger partial charge is 0.423 e. The summed E-state index contributed by atoms with van der Waals surface area (Å²) in [5.41, 5.74) is 6.10. The molecule has 0 fully saturated rings. The molecule has 0 amide bonds. The van der Waals surface area contributed by atoms with Crippen LogP contribution in [0.2, 0.25) is 0 Å². The van der Waals surface area contributed by atoms with Crippen molar-refractivity contribution >= 4 is 11.0 Å². The Bertz CT molecular complexity index is 3120. The molecule has 0 spiro atoms. The Hall–Kier alpha value is -7.63. The van der Waals surface area contributed by atoms with Gasteiger partial charge in [-0.15, -0.1) is 0 Å². The van der Waals surface area contributed by atoms with Crippen molar-refractivity contribution in [2.24, 2.45) is 34.5 Å². The average Bonchev–Trinajstić information content (AvgIpc) is 3.60. The minimum atomic E-state index is -0.505. The van der Waals surface area contributed by atoms with Crippen molar-refractivity contribution in [3.63, 3.8) is 0 Å². The van der Waals surface area contributed by atoms with Crippen LogP contribution in [0.4, 0.5) is 0 Å². The van der Waals surface area contributed by atoms with Crippen molar-refractivity contribution in [3.05, 3.63) is 247 Å². The predicted octanol–water partition coefficient (Wildman–Crippen LogP) is 19.1. The molecule has 6 unspecified atom stereocenters. The van der Waals surface area contributed by atoms with Crippen LogP contribution in [0.1, 0.15) is 185 Å². The van der Waals surface area contributed by atoms with Gasteiger partial charge in [-0.25, -0.2) is 9.59 Å². The van der Waals surface area contributed by atoms with Crippen LogP contribution in [-0.4, -0.2) is 31.3 Å². The normalized spacial score (nSPS) is 13.4. The van der Waals surface area contributed by atoms with Gasteiger partial charge in [0.15, 0.2) is 0 Å². The number of allylic oxidation sites excluding steroid dienone is 4. The number of hydrogen-bond donors (Lipinski definition) is 2. The van der Waals surface area contributed by atoms with Crippen LogP contribution in [0.3, 0.4) is 0 Å². The van der Waals surface area contributed by atoms with E-state index in [9.17, 15) is 24.9 Å². The van der Waals surface area contributed by atoms with Gasteiger partial charge >= 0.3 is 11.3 Å². The van der Waals surface area contributed by atoms with Crippen LogP contribution >= 0.6 is 0 Å². The molecule has 466 valence electrons. The second-order valence-electron chi connectivity index (χ2n) is 25.7. The first-order valence-corrected chi connectivity index (χ1v) is 31.1. The average molecular weight is 1180 g/mol. The van der Waals surface area contributed by atoms with Gasteiger partial charge in [0.2, 0.25) is 0 Å². The smallest absolute Gasteiger partial charge is 0.336 e. The summed E-state index contributed by atoms with van der Waals surface area (Å²) < 4.78 is 13.9. The van der Waals surface area contributed by atoms with E-state index in [-0.39, 0.29) is 24.1 Å². The Kier molecular flexibility index (Phi) is 34.4. The van der Waals surface area contributed by atoms with Gasteiger partial charge in [0.05, 0.1) is 24.3 Å². The zero-order chi connectivity index (χ0) is 64.0. The highest BCUT2D eigenvalue weighted by Gasteiger charge is 2.26. The fraction of sp³-hybridized carbons (Fsp3) is 0.442. The zero-order valence-corrected chi connectivity index (χ0v) is 54.6. The molecule has 87 heavy (non-hydrogen) atoms. The van der Waals surface area contributed by atoms with Crippen LogP contribution in [0.5, 0.6) is 0 Å². The van der Waals surface area contributed by atoms with Gasteiger partial charge in [0.25, 0.3) is 5.56 Å². The summed E-state index contributed by atoms with van der Waals surface area (Å²) >= 11 is 0. The van der Waals surface area contributed by atoms with E-state index in [0.717, 1.165) is 69.6 Å². The number of H-pyrrole nitrogens is 2. The standard InChI is InChI=1S/2C30H41N.C9H6O2.C6H8N2O3.C2H6O/c2*1-24(2)29(23-31)22-28(26-17-11-7-12-18-26)21-27(25-15-9-6-10-16-25)19-13-8-14-20-30(3,4)5;10-9-6-5-7-3-1-2-4-8(7)11-9;1-11-3-4-2-7-6(10)8-5(4)9;1-3-2/h2*6-12,14-18,24,27-29H,13,19-22H2,1-5H3;1-6H;2H,3H2,1H3,(H2,7,8,9,10);1-2H3/b2*14-8+;;;. The maximum atomic E-state index is 10.9. The van der Waals surface area contributed by atoms with Crippen LogP contribution in [0.15, 0.2) is 207 Å². The topological polar surface area (TPSA) is 162 Å². The third kappa shape index (κ3) is 30.5. The second-order valence-corrected chi connectivity index (χ2v) is 25.7. The first-order chi connectivity index (χ1) is 41.6. The maximum absolute atomic E-state index is 10.9. The molecule has 7 rings (SSSR count). The van der Waals surface area contributed by atoms with Gasteiger partial charge in [0.1, 0.15) is 5.58 Å². The summed E-state index contributed by atoms with van der Waals surface area (Å²) in [6, 6.07) is 59.3. The van der Waals surface area contributed by atoms with Crippen LogP contribution in [0, 0.1) is 57.2 Å². The monoisotopic (exact) mass is 1180 g/mol. The quantitative estimate of drug-likeness (QED) is 0.0446. The molecule has 0 aliphatic rings. The van der Waals surface area contributed by atoms with Crippen LogP contribution in [-0.2, 0) is 16.1 Å². The summed E-state index contributed by atoms with van der Waals surface area (Å²) in [5, 5.41) is 20.5. The SMILES string of the molecule is CC(C)C(C#N)CC(CC(CC/C=C/CC(C)(C)C)c1ccccc1)c1ccccc1.CC(C)C(C#N)CC(CC(CC/C=C/CC(C)(C)C)c1ccccc1)c1ccccc1.COC.COCc1c[nH]c(=O)[nH]c1=O.O=c1ccc2ccccc2o1. The van der Waals surface area contributed by atoms with Gasteiger partial charge in [-0.1, -0.05) is 233 Å². The molecule has 7 aromatic rings. The highest BCUT2D eigenvalue weighted by atomic mass is 16.5. The summed E-state index contributed by atoms with van der Waals surface area (Å²) in [4.78, 5) is 36.5. The molecular weight excluding hydrogens is 1080 g/mol. The van der Waals surface area contributed by atoms with Gasteiger partial charge < -0.3 is 18.9 Å². The molecule has 5 aromatic carbocycles. The molecular formula is C77H102N4O6. The zero-order valence-electron chi connectivity index (χ0n) is 54.6. The highest BCUT2D eigenvalue weighted by Crippen LogP contribution is 2.40. The minimum Gasteiger partial charge on any atom is -0.423 e. The lowest BCUT2D eigenvalue weighted by Gasteiger charge is -2.27. The molecule has 0 bridgehead atoms. The number of benzene rings is 5. The number of fused-ring (bicyclic) bond motifs is 1. The Labute approximate surface area is 521 Å². The van der Waals surface area contributed by atoms with E-state index in [0.29, 0.717) is 57.5 Å². The molecule has 0 saturated carbocycles. The first-order valence-electron chi connectivity index (χ1n) is 31.1. The van der Waals surface area contributed by atoms with Crippen LogP contribution in [0.25, 0.3) is 11.0 Å². The molecule has 0 aliphatic carbocycles. The van der Waals surface area contributed by atoms with Gasteiger partial charge in [0, 0.05) is 50.8 Å². The summed E-state index contributed by atoms with van der Waals surface area (Å²) in [7, 11) is 4.73. The van der Waals surface area contributed by atoms with E-state index in [2.05, 4.69) is 242 Å². The van der Waals surface area contributed by atoms with Gasteiger partial charge in [-0.05, 0) is 145 Å². The lowest BCUT2D eigenvalue weighted by atomic mass is 9.77. The van der Waals surface area contributed by atoms with Crippen molar-refractivity contribution in [3.8, 4) is 12.1 Å². The number of nitriles is 2. The Morgan fingerprint density at radius 1 is 0.506 bits per heavy atom. The lowest BCUT2D eigenvalue weighted by molar-refractivity contribution is 0.183. The number of nitrogens with zero attached hydrogens (tertiary/aromatic N) is 2. The number of aromatic amines is 2. The van der Waals surface area contributed by atoms with E-state index in [1.807, 2.05) is 18.2 Å². The molecule has 2 aromatic heterocycles. The molecule has 2 heterocycles. The fourth-order valence-electron chi connectivity index (χ4n) is 10.1. The van der Waals surface area contributed by atoms with E-state index >= 15 is 0 Å². The molecule has 10 nitrogen and oxygen atoms in total. The molecule has 2 N–H and O–H groups in total. The number of nitrogens with one attached hydrogen (secondary N) is 2. The van der Waals surface area contributed by atoms with Crippen molar-refractivity contribution in [1.29, 1.82) is 10.5 Å². The number of hydrogen-bond acceptors (Lipinski definition) is 8. The van der Waals surface area contributed by atoms with Crippen molar-refractivity contribution in [2.45, 2.75) is 164 Å². The van der Waals surface area contributed by atoms with Crippen molar-refractivity contribution < 1.29 is 13.9 Å². The highest BCUT2D eigenvalue weighted by molar-refractivity contribution is 5.75. The fourth-order valence-corrected chi connectivity index (χ4v) is 10.1. The van der Waals surface area contributed by atoms with Gasteiger partial charge in [-0.2, -0.15) is 10.5 Å². The van der Waals surface area contributed by atoms with E-state index < -0.39 is 11.2 Å². The number of aromatic nitrogens is 2. The Balaban J connectivity index is 0.000000327. The molecule has 0 radical (unpaired) electrons. The first kappa shape index (κ1) is 73.6. The summed E-state index contributed by atoms with van der Waals surface area (Å²) in [5.74, 6) is 2.74. The van der Waals surface area contributed by atoms with E-state index in [1.165, 1.54) is 41.6 Å². The number of ether oxygens (including phenoxy) is 2. The number of methoxy groups -OCH3 is 2. The third-order valence-corrected chi connectivity index (χ3v) is 15.1. The maximum Gasteiger partial charge on any atom is 0.336 e. The Morgan fingerprint density at radius 2 is 0.885 bits per heavy atom. The number of para-hydroxylation sites is 1. The third-order valence-electron chi connectivity index (χ3n) is 15.1. The van der Waals surface area contributed by atoms with Gasteiger partial charge in [-0.3, -0.25) is 9.78 Å². The van der Waals surface area contributed by atoms with E-state index in [4.69, 9.17) is 9.15 Å².